The Kier molecular flexibility index (Phi) is 2.18. The molecule has 0 aliphatic rings. The minimum absolute atomic E-state index is 0.209. The molecule has 4 nitrogen and oxygen atoms in total. The second-order valence-corrected chi connectivity index (χ2v) is 2.44. The standard InChI is InChI=1S/C7H8N2O2/c1-5(2)7-6(8-4-10)3-11-9-7/h3,5H,1-2H3. The summed E-state index contributed by atoms with van der Waals surface area (Å²) in [6.45, 7) is 3.89. The van der Waals surface area contributed by atoms with Gasteiger partial charge in [0.15, 0.2) is 6.26 Å². The fraction of sp³-hybridized carbons (Fsp3) is 0.429. The van der Waals surface area contributed by atoms with Crippen LogP contribution in [0.25, 0.3) is 0 Å². The Bertz CT molecular complexity index is 284. The van der Waals surface area contributed by atoms with E-state index in [9.17, 15) is 4.79 Å². The van der Waals surface area contributed by atoms with Crippen molar-refractivity contribution in [3.63, 3.8) is 0 Å². The molecule has 0 radical (unpaired) electrons. The number of isocyanates is 1. The van der Waals surface area contributed by atoms with Crippen LogP contribution >= 0.6 is 0 Å². The third kappa shape index (κ3) is 1.53. The average Bonchev–Trinajstić information content (AvgIpc) is 2.36. The molecule has 0 amide bonds. The Morgan fingerprint density at radius 3 is 3.00 bits per heavy atom. The van der Waals surface area contributed by atoms with Gasteiger partial charge in [0.05, 0.1) is 0 Å². The topological polar surface area (TPSA) is 55.5 Å². The molecule has 1 aromatic heterocycles. The zero-order valence-corrected chi connectivity index (χ0v) is 6.37. The van der Waals surface area contributed by atoms with E-state index in [2.05, 4.69) is 14.7 Å². The van der Waals surface area contributed by atoms with E-state index in [-0.39, 0.29) is 5.92 Å². The van der Waals surface area contributed by atoms with Gasteiger partial charge in [-0.25, -0.2) is 4.79 Å². The van der Waals surface area contributed by atoms with Crippen LogP contribution in [0.4, 0.5) is 5.69 Å². The molecule has 1 rings (SSSR count). The molecule has 11 heavy (non-hydrogen) atoms. The van der Waals surface area contributed by atoms with Crippen molar-refractivity contribution in [2.45, 2.75) is 19.8 Å². The molecule has 0 aromatic carbocycles. The van der Waals surface area contributed by atoms with Crippen LogP contribution in [0.3, 0.4) is 0 Å². The Labute approximate surface area is 63.9 Å². The lowest BCUT2D eigenvalue weighted by atomic mass is 10.1. The van der Waals surface area contributed by atoms with Crippen molar-refractivity contribution in [3.05, 3.63) is 12.0 Å². The molecule has 4 heteroatoms. The normalized spacial score (nSPS) is 9.73. The molecule has 0 aliphatic carbocycles. The number of carbonyl (C=O) groups excluding carboxylic acids is 1. The zero-order valence-electron chi connectivity index (χ0n) is 6.37. The van der Waals surface area contributed by atoms with Gasteiger partial charge in [-0.15, -0.1) is 0 Å². The van der Waals surface area contributed by atoms with Gasteiger partial charge < -0.3 is 4.52 Å². The molecule has 0 fully saturated rings. The Morgan fingerprint density at radius 1 is 1.73 bits per heavy atom. The Balaban J connectivity index is 3.05. The quantitative estimate of drug-likeness (QED) is 0.479. The molecule has 1 aromatic rings. The fourth-order valence-electron chi connectivity index (χ4n) is 0.774. The monoisotopic (exact) mass is 152 g/mol. The molecule has 0 bridgehead atoms. The lowest BCUT2D eigenvalue weighted by Crippen LogP contribution is -1.85. The van der Waals surface area contributed by atoms with Crippen molar-refractivity contribution in [1.82, 2.24) is 5.16 Å². The van der Waals surface area contributed by atoms with Gasteiger partial charge >= 0.3 is 0 Å². The van der Waals surface area contributed by atoms with Gasteiger partial charge in [-0.05, 0) is 0 Å². The zero-order chi connectivity index (χ0) is 8.27. The predicted molar refractivity (Wildman–Crippen MR) is 38.4 cm³/mol. The number of aliphatic imine (C=N–C) groups is 1. The number of aromatic nitrogens is 1. The van der Waals surface area contributed by atoms with Gasteiger partial charge in [0.1, 0.15) is 11.4 Å². The van der Waals surface area contributed by atoms with Crippen LogP contribution in [0.2, 0.25) is 0 Å². The van der Waals surface area contributed by atoms with Gasteiger partial charge in [-0.3, -0.25) is 0 Å². The number of hydrogen-bond donors (Lipinski definition) is 0. The third-order valence-corrected chi connectivity index (χ3v) is 1.29. The summed E-state index contributed by atoms with van der Waals surface area (Å²) in [5, 5.41) is 3.69. The van der Waals surface area contributed by atoms with E-state index in [4.69, 9.17) is 0 Å². The van der Waals surface area contributed by atoms with Gasteiger partial charge in [0.25, 0.3) is 0 Å². The summed E-state index contributed by atoms with van der Waals surface area (Å²) in [5.41, 5.74) is 1.16. The molecule has 0 unspecified atom stereocenters. The van der Waals surface area contributed by atoms with Gasteiger partial charge in [0, 0.05) is 5.92 Å². The highest BCUT2D eigenvalue weighted by atomic mass is 16.5. The fourth-order valence-corrected chi connectivity index (χ4v) is 0.774. The van der Waals surface area contributed by atoms with Crippen LogP contribution in [0.1, 0.15) is 25.5 Å². The first kappa shape index (κ1) is 7.69. The van der Waals surface area contributed by atoms with Crippen molar-refractivity contribution in [1.29, 1.82) is 0 Å². The van der Waals surface area contributed by atoms with Crippen LogP contribution in [-0.4, -0.2) is 11.2 Å². The predicted octanol–water partition coefficient (Wildman–Crippen LogP) is 1.77. The molecule has 0 saturated carbocycles. The molecular weight excluding hydrogens is 144 g/mol. The molecule has 0 aliphatic heterocycles. The van der Waals surface area contributed by atoms with E-state index in [1.165, 1.54) is 12.3 Å². The van der Waals surface area contributed by atoms with Gasteiger partial charge in [-0.2, -0.15) is 4.99 Å². The molecule has 0 N–H and O–H groups in total. The molecule has 0 saturated heterocycles. The summed E-state index contributed by atoms with van der Waals surface area (Å²) in [6.07, 6.45) is 2.77. The second-order valence-electron chi connectivity index (χ2n) is 2.44. The maximum Gasteiger partial charge on any atom is 0.240 e. The van der Waals surface area contributed by atoms with Crippen LogP contribution in [-0.2, 0) is 4.79 Å². The maximum absolute atomic E-state index is 9.89. The van der Waals surface area contributed by atoms with Crippen molar-refractivity contribution < 1.29 is 9.32 Å². The Hall–Kier alpha value is -1.41. The third-order valence-electron chi connectivity index (χ3n) is 1.29. The summed E-state index contributed by atoms with van der Waals surface area (Å²) >= 11 is 0. The van der Waals surface area contributed by atoms with E-state index < -0.39 is 0 Å². The number of hydrogen-bond acceptors (Lipinski definition) is 4. The summed E-state index contributed by atoms with van der Waals surface area (Å²) in [6, 6.07) is 0. The first-order valence-corrected chi connectivity index (χ1v) is 3.28. The first-order chi connectivity index (χ1) is 5.25. The van der Waals surface area contributed by atoms with Crippen molar-refractivity contribution in [3.8, 4) is 0 Å². The summed E-state index contributed by atoms with van der Waals surface area (Å²) < 4.78 is 4.64. The largest absolute Gasteiger partial charge is 0.362 e. The smallest absolute Gasteiger partial charge is 0.240 e. The lowest BCUT2D eigenvalue weighted by molar-refractivity contribution is 0.408. The molecular formula is C7H8N2O2. The van der Waals surface area contributed by atoms with Crippen molar-refractivity contribution >= 4 is 11.8 Å². The Morgan fingerprint density at radius 2 is 2.45 bits per heavy atom. The summed E-state index contributed by atoms with van der Waals surface area (Å²) in [4.78, 5) is 13.3. The highest BCUT2D eigenvalue weighted by Crippen LogP contribution is 2.23. The highest BCUT2D eigenvalue weighted by Gasteiger charge is 2.09. The van der Waals surface area contributed by atoms with E-state index in [0.717, 1.165) is 0 Å². The van der Waals surface area contributed by atoms with E-state index in [1.807, 2.05) is 13.8 Å². The van der Waals surface area contributed by atoms with Crippen molar-refractivity contribution in [2.24, 2.45) is 4.99 Å². The SMILES string of the molecule is CC(C)c1nocc1N=C=O. The van der Waals surface area contributed by atoms with Gasteiger partial charge in [-0.1, -0.05) is 19.0 Å². The minimum Gasteiger partial charge on any atom is -0.362 e. The van der Waals surface area contributed by atoms with Crippen LogP contribution in [0, 0.1) is 0 Å². The molecule has 1 heterocycles. The lowest BCUT2D eigenvalue weighted by Gasteiger charge is -1.96. The molecule has 58 valence electrons. The van der Waals surface area contributed by atoms with Gasteiger partial charge in [0.2, 0.25) is 6.08 Å². The van der Waals surface area contributed by atoms with Crippen LogP contribution in [0.5, 0.6) is 0 Å². The van der Waals surface area contributed by atoms with E-state index in [1.54, 1.807) is 0 Å². The van der Waals surface area contributed by atoms with Crippen molar-refractivity contribution in [2.75, 3.05) is 0 Å². The minimum atomic E-state index is 0.209. The summed E-state index contributed by atoms with van der Waals surface area (Å²) in [7, 11) is 0. The molecule has 0 atom stereocenters. The summed E-state index contributed by atoms with van der Waals surface area (Å²) in [5.74, 6) is 0.209. The highest BCUT2D eigenvalue weighted by molar-refractivity contribution is 5.50. The maximum atomic E-state index is 9.89. The second kappa shape index (κ2) is 3.12. The van der Waals surface area contributed by atoms with E-state index in [0.29, 0.717) is 11.4 Å². The number of nitrogens with zero attached hydrogens (tertiary/aromatic N) is 2. The number of rotatable bonds is 2. The van der Waals surface area contributed by atoms with E-state index >= 15 is 0 Å². The first-order valence-electron chi connectivity index (χ1n) is 3.28. The van der Waals surface area contributed by atoms with Crippen LogP contribution < -0.4 is 0 Å². The molecule has 0 spiro atoms. The average molecular weight is 152 g/mol. The van der Waals surface area contributed by atoms with Crippen LogP contribution in [0.15, 0.2) is 15.8 Å².